The second-order valence-electron chi connectivity index (χ2n) is 3.91. The molecule has 0 saturated carbocycles. The topological polar surface area (TPSA) is 54.4 Å². The van der Waals surface area contributed by atoms with Gasteiger partial charge in [-0.05, 0) is 35.9 Å². The van der Waals surface area contributed by atoms with Crippen molar-refractivity contribution in [1.29, 1.82) is 0 Å². The zero-order valence-electron chi connectivity index (χ0n) is 9.88. The number of hydrogen-bond donors (Lipinski definition) is 1. The molecule has 0 aliphatic rings. The fourth-order valence-electron chi connectivity index (χ4n) is 1.59. The second kappa shape index (κ2) is 5.99. The lowest BCUT2D eigenvalue weighted by molar-refractivity contribution is 0.0697. The fraction of sp³-hybridized carbons (Fsp3) is 0.0714. The molecule has 2 rings (SSSR count). The third kappa shape index (κ3) is 3.43. The van der Waals surface area contributed by atoms with Gasteiger partial charge in [0.15, 0.2) is 0 Å². The van der Waals surface area contributed by atoms with Gasteiger partial charge in [-0.2, -0.15) is 0 Å². The number of carboxylic acids is 1. The van der Waals surface area contributed by atoms with E-state index in [2.05, 4.69) is 0 Å². The molecule has 0 aliphatic heterocycles. The van der Waals surface area contributed by atoms with Crippen molar-refractivity contribution < 1.29 is 14.1 Å². The molecule has 0 radical (unpaired) electrons. The summed E-state index contributed by atoms with van der Waals surface area (Å²) in [4.78, 5) is 11.3. The molecule has 0 aliphatic carbocycles. The predicted octanol–water partition coefficient (Wildman–Crippen LogP) is 3.35. The van der Waals surface area contributed by atoms with Gasteiger partial charge >= 0.3 is 5.97 Å². The number of halogens is 1. The third-order valence-electron chi connectivity index (χ3n) is 2.61. The van der Waals surface area contributed by atoms with Gasteiger partial charge in [0.25, 0.3) is 0 Å². The minimum absolute atomic E-state index is 0.179. The Bertz CT molecular complexity index is 623. The summed E-state index contributed by atoms with van der Waals surface area (Å²) in [6.07, 6.45) is 0. The standard InChI is InChI=1S/C14H11ClO3S/c15-13-4-2-1-3-11(13)9-19(18)12-7-5-10(6-8-12)14(16)17/h1-8H,9H2,(H,16,17). The van der Waals surface area contributed by atoms with E-state index in [0.29, 0.717) is 15.7 Å². The Hall–Kier alpha value is -1.65. The van der Waals surface area contributed by atoms with Gasteiger partial charge in [-0.3, -0.25) is 4.21 Å². The van der Waals surface area contributed by atoms with Crippen molar-refractivity contribution in [3.8, 4) is 0 Å². The highest BCUT2D eigenvalue weighted by atomic mass is 35.5. The van der Waals surface area contributed by atoms with E-state index >= 15 is 0 Å². The molecule has 2 aromatic carbocycles. The molecule has 5 heteroatoms. The van der Waals surface area contributed by atoms with Crippen molar-refractivity contribution in [2.24, 2.45) is 0 Å². The second-order valence-corrected chi connectivity index (χ2v) is 5.77. The van der Waals surface area contributed by atoms with Crippen molar-refractivity contribution >= 4 is 28.4 Å². The molecular weight excluding hydrogens is 284 g/mol. The molecule has 0 aromatic heterocycles. The normalized spacial score (nSPS) is 12.1. The maximum absolute atomic E-state index is 12.2. The minimum Gasteiger partial charge on any atom is -0.478 e. The molecular formula is C14H11ClO3S. The minimum atomic E-state index is -1.24. The summed E-state index contributed by atoms with van der Waals surface area (Å²) in [5, 5.41) is 9.37. The molecule has 3 nitrogen and oxygen atoms in total. The lowest BCUT2D eigenvalue weighted by atomic mass is 10.2. The number of carbonyl (C=O) groups is 1. The summed E-state index contributed by atoms with van der Waals surface area (Å²) in [5.41, 5.74) is 0.989. The van der Waals surface area contributed by atoms with Crippen LogP contribution in [0.5, 0.6) is 0 Å². The molecule has 1 atom stereocenters. The van der Waals surface area contributed by atoms with Crippen molar-refractivity contribution in [2.45, 2.75) is 10.6 Å². The van der Waals surface area contributed by atoms with E-state index in [4.69, 9.17) is 16.7 Å². The van der Waals surface area contributed by atoms with Crippen molar-refractivity contribution in [3.05, 3.63) is 64.7 Å². The average molecular weight is 295 g/mol. The van der Waals surface area contributed by atoms with Crippen LogP contribution in [0.25, 0.3) is 0 Å². The molecule has 1 N–H and O–H groups in total. The molecule has 0 amide bonds. The fourth-order valence-corrected chi connectivity index (χ4v) is 3.01. The summed E-state index contributed by atoms with van der Waals surface area (Å²) in [5.74, 6) is -0.685. The molecule has 2 aromatic rings. The third-order valence-corrected chi connectivity index (χ3v) is 4.35. The lowest BCUT2D eigenvalue weighted by Gasteiger charge is -2.05. The number of benzene rings is 2. The SMILES string of the molecule is O=C(O)c1ccc(S(=O)Cc2ccccc2Cl)cc1. The Balaban J connectivity index is 2.16. The summed E-state index contributed by atoms with van der Waals surface area (Å²) < 4.78 is 12.2. The van der Waals surface area contributed by atoms with E-state index < -0.39 is 16.8 Å². The van der Waals surface area contributed by atoms with E-state index in [-0.39, 0.29) is 5.56 Å². The van der Waals surface area contributed by atoms with Gasteiger partial charge < -0.3 is 5.11 Å². The number of carboxylic acid groups (broad SMARTS) is 1. The highest BCUT2D eigenvalue weighted by Crippen LogP contribution is 2.19. The van der Waals surface area contributed by atoms with Crippen LogP contribution >= 0.6 is 11.6 Å². The Kier molecular flexibility index (Phi) is 4.35. The maximum atomic E-state index is 12.2. The summed E-state index contributed by atoms with van der Waals surface area (Å²) >= 11 is 6.01. The summed E-state index contributed by atoms with van der Waals surface area (Å²) in [6, 6.07) is 13.3. The largest absolute Gasteiger partial charge is 0.478 e. The van der Waals surface area contributed by atoms with Crippen molar-refractivity contribution in [3.63, 3.8) is 0 Å². The Morgan fingerprint density at radius 2 is 1.74 bits per heavy atom. The number of hydrogen-bond acceptors (Lipinski definition) is 2. The molecule has 0 spiro atoms. The van der Waals surface area contributed by atoms with Crippen LogP contribution in [-0.4, -0.2) is 15.3 Å². The van der Waals surface area contributed by atoms with E-state index in [9.17, 15) is 9.00 Å². The summed E-state index contributed by atoms with van der Waals surface area (Å²) in [6.45, 7) is 0. The Labute approximate surface area is 118 Å². The van der Waals surface area contributed by atoms with Gasteiger partial charge in [0.2, 0.25) is 0 Å². The first kappa shape index (κ1) is 13.8. The van der Waals surface area contributed by atoms with Crippen molar-refractivity contribution in [1.82, 2.24) is 0 Å². The van der Waals surface area contributed by atoms with Gasteiger partial charge in [-0.25, -0.2) is 4.79 Å². The van der Waals surface area contributed by atoms with E-state index in [0.717, 1.165) is 5.56 Å². The van der Waals surface area contributed by atoms with Crippen LogP contribution in [-0.2, 0) is 16.6 Å². The number of aromatic carboxylic acids is 1. The average Bonchev–Trinajstić information content (AvgIpc) is 2.41. The van der Waals surface area contributed by atoms with Crippen LogP contribution in [0.3, 0.4) is 0 Å². The quantitative estimate of drug-likeness (QED) is 0.941. The lowest BCUT2D eigenvalue weighted by Crippen LogP contribution is -1.99. The van der Waals surface area contributed by atoms with Gasteiger partial charge in [-0.1, -0.05) is 29.8 Å². The molecule has 0 heterocycles. The highest BCUT2D eigenvalue weighted by Gasteiger charge is 2.09. The van der Waals surface area contributed by atoms with Crippen LogP contribution in [0.2, 0.25) is 5.02 Å². The molecule has 0 saturated heterocycles. The maximum Gasteiger partial charge on any atom is 0.335 e. The first-order chi connectivity index (χ1) is 9.08. The molecule has 0 bridgehead atoms. The van der Waals surface area contributed by atoms with Gasteiger partial charge in [0.1, 0.15) is 0 Å². The van der Waals surface area contributed by atoms with Crippen LogP contribution in [0.1, 0.15) is 15.9 Å². The van der Waals surface area contributed by atoms with E-state index in [1.54, 1.807) is 18.2 Å². The van der Waals surface area contributed by atoms with Crippen LogP contribution in [0.4, 0.5) is 0 Å². The molecule has 98 valence electrons. The molecule has 1 unspecified atom stereocenters. The van der Waals surface area contributed by atoms with E-state index in [1.807, 2.05) is 18.2 Å². The predicted molar refractivity (Wildman–Crippen MR) is 75.0 cm³/mol. The molecule has 0 fully saturated rings. The van der Waals surface area contributed by atoms with Gasteiger partial charge in [-0.15, -0.1) is 0 Å². The van der Waals surface area contributed by atoms with Gasteiger partial charge in [0.05, 0.1) is 22.1 Å². The Morgan fingerprint density at radius 3 is 2.32 bits per heavy atom. The zero-order chi connectivity index (χ0) is 13.8. The van der Waals surface area contributed by atoms with Crippen LogP contribution < -0.4 is 0 Å². The summed E-state index contributed by atoms with van der Waals surface area (Å²) in [7, 11) is -1.24. The smallest absolute Gasteiger partial charge is 0.335 e. The number of rotatable bonds is 4. The first-order valence-corrected chi connectivity index (χ1v) is 7.23. The molecule has 19 heavy (non-hydrogen) atoms. The van der Waals surface area contributed by atoms with Crippen LogP contribution in [0, 0.1) is 0 Å². The van der Waals surface area contributed by atoms with Crippen molar-refractivity contribution in [2.75, 3.05) is 0 Å². The zero-order valence-corrected chi connectivity index (χ0v) is 11.4. The monoisotopic (exact) mass is 294 g/mol. The van der Waals surface area contributed by atoms with Gasteiger partial charge in [0, 0.05) is 9.92 Å². The first-order valence-electron chi connectivity index (χ1n) is 5.53. The van der Waals surface area contributed by atoms with Crippen LogP contribution in [0.15, 0.2) is 53.4 Å². The van der Waals surface area contributed by atoms with E-state index in [1.165, 1.54) is 12.1 Å². The highest BCUT2D eigenvalue weighted by molar-refractivity contribution is 7.84. The Morgan fingerprint density at radius 1 is 1.11 bits per heavy atom.